The van der Waals surface area contributed by atoms with Crippen LogP contribution in [0.1, 0.15) is 44.6 Å². The van der Waals surface area contributed by atoms with E-state index in [1.807, 2.05) is 0 Å². The predicted molar refractivity (Wildman–Crippen MR) is 79.3 cm³/mol. The molecule has 2 atom stereocenters. The van der Waals surface area contributed by atoms with E-state index in [0.717, 1.165) is 6.54 Å². The second-order valence-electron chi connectivity index (χ2n) is 5.57. The van der Waals surface area contributed by atoms with Gasteiger partial charge < -0.3 is 10.2 Å². The first-order valence-corrected chi connectivity index (χ1v) is 7.25. The number of para-hydroxylation sites is 1. The summed E-state index contributed by atoms with van der Waals surface area (Å²) in [5, 5.41) is 3.51. The standard InChI is InChI=1S/C16H26N2/c1-4-7-13(2)18(3)11-10-14-12-17-16-9-6-5-8-15(14)16/h5-6,8-9,13-14,17H,4,7,10-12H2,1-3H3. The topological polar surface area (TPSA) is 15.3 Å². The molecule has 0 fully saturated rings. The van der Waals surface area contributed by atoms with Crippen LogP contribution in [0.3, 0.4) is 0 Å². The average molecular weight is 246 g/mol. The van der Waals surface area contributed by atoms with Gasteiger partial charge in [-0.1, -0.05) is 31.5 Å². The zero-order valence-corrected chi connectivity index (χ0v) is 11.9. The fraction of sp³-hybridized carbons (Fsp3) is 0.625. The largest absolute Gasteiger partial charge is 0.384 e. The molecule has 1 N–H and O–H groups in total. The maximum Gasteiger partial charge on any atom is 0.0376 e. The fourth-order valence-electron chi connectivity index (χ4n) is 2.83. The molecule has 0 bridgehead atoms. The lowest BCUT2D eigenvalue weighted by Crippen LogP contribution is -2.30. The molecule has 0 saturated heterocycles. The highest BCUT2D eigenvalue weighted by atomic mass is 15.1. The SMILES string of the molecule is CCCC(C)N(C)CCC1CNc2ccccc21. The summed E-state index contributed by atoms with van der Waals surface area (Å²) < 4.78 is 0. The van der Waals surface area contributed by atoms with Crippen LogP contribution >= 0.6 is 0 Å². The van der Waals surface area contributed by atoms with E-state index >= 15 is 0 Å². The zero-order chi connectivity index (χ0) is 13.0. The second kappa shape index (κ2) is 6.24. The highest BCUT2D eigenvalue weighted by molar-refractivity contribution is 5.57. The van der Waals surface area contributed by atoms with Gasteiger partial charge in [0, 0.05) is 24.2 Å². The van der Waals surface area contributed by atoms with E-state index in [9.17, 15) is 0 Å². The van der Waals surface area contributed by atoms with Gasteiger partial charge in [0.2, 0.25) is 0 Å². The Morgan fingerprint density at radius 3 is 2.94 bits per heavy atom. The first-order valence-electron chi connectivity index (χ1n) is 7.25. The van der Waals surface area contributed by atoms with Gasteiger partial charge in [-0.2, -0.15) is 0 Å². The molecule has 1 aliphatic heterocycles. The zero-order valence-electron chi connectivity index (χ0n) is 11.9. The normalized spacial score (nSPS) is 19.7. The summed E-state index contributed by atoms with van der Waals surface area (Å²) in [7, 11) is 2.26. The number of rotatable bonds is 6. The molecule has 2 heteroatoms. The quantitative estimate of drug-likeness (QED) is 0.823. The van der Waals surface area contributed by atoms with E-state index in [2.05, 4.69) is 55.4 Å². The highest BCUT2D eigenvalue weighted by Crippen LogP contribution is 2.33. The molecule has 2 nitrogen and oxygen atoms in total. The number of nitrogens with zero attached hydrogens (tertiary/aromatic N) is 1. The third-order valence-corrected chi connectivity index (χ3v) is 4.23. The number of fused-ring (bicyclic) bond motifs is 1. The monoisotopic (exact) mass is 246 g/mol. The molecule has 1 heterocycles. The van der Waals surface area contributed by atoms with Crippen molar-refractivity contribution in [1.82, 2.24) is 4.90 Å². The van der Waals surface area contributed by atoms with Crippen LogP contribution in [0.15, 0.2) is 24.3 Å². The maximum atomic E-state index is 3.51. The molecule has 0 aliphatic carbocycles. The van der Waals surface area contributed by atoms with Gasteiger partial charge >= 0.3 is 0 Å². The summed E-state index contributed by atoms with van der Waals surface area (Å²) in [5.41, 5.74) is 2.85. The molecule has 0 spiro atoms. The minimum absolute atomic E-state index is 0.692. The lowest BCUT2D eigenvalue weighted by Gasteiger charge is -2.25. The summed E-state index contributed by atoms with van der Waals surface area (Å²) in [6, 6.07) is 9.44. The van der Waals surface area contributed by atoms with Crippen molar-refractivity contribution in [2.75, 3.05) is 25.5 Å². The predicted octanol–water partition coefficient (Wildman–Crippen LogP) is 3.71. The van der Waals surface area contributed by atoms with Gasteiger partial charge in [0.15, 0.2) is 0 Å². The summed E-state index contributed by atoms with van der Waals surface area (Å²) in [6.07, 6.45) is 3.84. The lowest BCUT2D eigenvalue weighted by atomic mass is 9.97. The van der Waals surface area contributed by atoms with E-state index in [1.54, 1.807) is 0 Å². The van der Waals surface area contributed by atoms with Crippen molar-refractivity contribution in [3.05, 3.63) is 29.8 Å². The number of nitrogens with one attached hydrogen (secondary N) is 1. The Bertz CT molecular complexity index is 375. The Hall–Kier alpha value is -1.02. The fourth-order valence-corrected chi connectivity index (χ4v) is 2.83. The minimum atomic E-state index is 0.692. The van der Waals surface area contributed by atoms with Gasteiger partial charge in [-0.3, -0.25) is 0 Å². The Morgan fingerprint density at radius 1 is 1.39 bits per heavy atom. The number of anilines is 1. The van der Waals surface area contributed by atoms with Crippen LogP contribution in [-0.4, -0.2) is 31.1 Å². The highest BCUT2D eigenvalue weighted by Gasteiger charge is 2.22. The molecule has 100 valence electrons. The second-order valence-corrected chi connectivity index (χ2v) is 5.57. The van der Waals surface area contributed by atoms with Gasteiger partial charge in [0.05, 0.1) is 0 Å². The van der Waals surface area contributed by atoms with Crippen LogP contribution in [0.5, 0.6) is 0 Å². The van der Waals surface area contributed by atoms with E-state index in [4.69, 9.17) is 0 Å². The van der Waals surface area contributed by atoms with Crippen molar-refractivity contribution in [2.45, 2.75) is 45.1 Å². The molecule has 0 saturated carbocycles. The first kappa shape index (κ1) is 13.4. The molecule has 2 unspecified atom stereocenters. The van der Waals surface area contributed by atoms with Gasteiger partial charge in [-0.15, -0.1) is 0 Å². The third-order valence-electron chi connectivity index (χ3n) is 4.23. The van der Waals surface area contributed by atoms with Crippen LogP contribution in [0.4, 0.5) is 5.69 Å². The Kier molecular flexibility index (Phi) is 4.65. The van der Waals surface area contributed by atoms with Crippen LogP contribution in [-0.2, 0) is 0 Å². The van der Waals surface area contributed by atoms with Crippen LogP contribution in [0.2, 0.25) is 0 Å². The van der Waals surface area contributed by atoms with Gasteiger partial charge in [-0.05, 0) is 45.0 Å². The van der Waals surface area contributed by atoms with Crippen molar-refractivity contribution in [3.63, 3.8) is 0 Å². The molecule has 0 aromatic heterocycles. The third kappa shape index (κ3) is 3.05. The summed E-state index contributed by atoms with van der Waals surface area (Å²) in [5.74, 6) is 0.692. The van der Waals surface area contributed by atoms with Crippen molar-refractivity contribution in [2.24, 2.45) is 0 Å². The van der Waals surface area contributed by atoms with Crippen LogP contribution < -0.4 is 5.32 Å². The molecular weight excluding hydrogens is 220 g/mol. The van der Waals surface area contributed by atoms with Crippen molar-refractivity contribution >= 4 is 5.69 Å². The number of hydrogen-bond donors (Lipinski definition) is 1. The van der Waals surface area contributed by atoms with Crippen LogP contribution in [0, 0.1) is 0 Å². The molecule has 18 heavy (non-hydrogen) atoms. The van der Waals surface area contributed by atoms with Crippen molar-refractivity contribution in [3.8, 4) is 0 Å². The van der Waals surface area contributed by atoms with E-state index < -0.39 is 0 Å². The molecule has 1 aliphatic rings. The van der Waals surface area contributed by atoms with Gasteiger partial charge in [0.25, 0.3) is 0 Å². The molecule has 1 aromatic carbocycles. The Labute approximate surface area is 111 Å². The smallest absolute Gasteiger partial charge is 0.0376 e. The molecule has 1 aromatic rings. The maximum absolute atomic E-state index is 3.51. The van der Waals surface area contributed by atoms with E-state index in [1.165, 1.54) is 37.1 Å². The van der Waals surface area contributed by atoms with E-state index in [-0.39, 0.29) is 0 Å². The lowest BCUT2D eigenvalue weighted by molar-refractivity contribution is 0.237. The van der Waals surface area contributed by atoms with Crippen molar-refractivity contribution in [1.29, 1.82) is 0 Å². The number of hydrogen-bond acceptors (Lipinski definition) is 2. The average Bonchev–Trinajstić information content (AvgIpc) is 2.79. The first-order chi connectivity index (χ1) is 8.72. The molecule has 0 amide bonds. The Morgan fingerprint density at radius 2 is 2.17 bits per heavy atom. The molecule has 2 rings (SSSR count). The van der Waals surface area contributed by atoms with Crippen molar-refractivity contribution < 1.29 is 0 Å². The van der Waals surface area contributed by atoms with Gasteiger partial charge in [0.1, 0.15) is 0 Å². The van der Waals surface area contributed by atoms with Gasteiger partial charge in [-0.25, -0.2) is 0 Å². The summed E-state index contributed by atoms with van der Waals surface area (Å²) >= 11 is 0. The number of benzene rings is 1. The summed E-state index contributed by atoms with van der Waals surface area (Å²) in [4.78, 5) is 2.50. The minimum Gasteiger partial charge on any atom is -0.384 e. The molecule has 0 radical (unpaired) electrons. The summed E-state index contributed by atoms with van der Waals surface area (Å²) in [6.45, 7) is 6.91. The molecular formula is C16H26N2. The van der Waals surface area contributed by atoms with Crippen LogP contribution in [0.25, 0.3) is 0 Å². The Balaban J connectivity index is 1.85. The van der Waals surface area contributed by atoms with E-state index in [0.29, 0.717) is 12.0 Å².